The van der Waals surface area contributed by atoms with E-state index in [1.54, 1.807) is 0 Å². The van der Waals surface area contributed by atoms with Crippen molar-refractivity contribution < 1.29 is 31.4 Å². The summed E-state index contributed by atoms with van der Waals surface area (Å²) < 4.78 is 4.97. The van der Waals surface area contributed by atoms with E-state index in [1.807, 2.05) is 13.0 Å². The first kappa shape index (κ1) is 30.6. The van der Waals surface area contributed by atoms with Gasteiger partial charge in [-0.25, -0.2) is 0 Å². The average molecular weight is 607 g/mol. The molecule has 0 radical (unpaired) electrons. The molecule has 42 heavy (non-hydrogen) atoms. The molecule has 1 aliphatic carbocycles. The van der Waals surface area contributed by atoms with Crippen molar-refractivity contribution in [3.63, 3.8) is 0 Å². The molecule has 220 valence electrons. The van der Waals surface area contributed by atoms with Crippen LogP contribution >= 0.6 is 0 Å². The Hall–Kier alpha value is -2.90. The fourth-order valence-electron chi connectivity index (χ4n) is 7.42. The fourth-order valence-corrected chi connectivity index (χ4v) is 7.42. The second kappa shape index (κ2) is 11.6. The molecule has 8 heteroatoms. The number of carbonyl (C=O) groups excluding carboxylic acids is 2. The minimum absolute atomic E-state index is 0. The van der Waals surface area contributed by atoms with Crippen molar-refractivity contribution in [3.05, 3.63) is 72.0 Å². The van der Waals surface area contributed by atoms with E-state index in [0.29, 0.717) is 19.3 Å². The zero-order chi connectivity index (χ0) is 29.2. The van der Waals surface area contributed by atoms with Crippen LogP contribution in [0.4, 0.5) is 0 Å². The molecule has 2 aromatic heterocycles. The van der Waals surface area contributed by atoms with E-state index in [-0.39, 0.29) is 64.8 Å². The molecule has 0 saturated carbocycles. The predicted octanol–water partition coefficient (Wildman–Crippen LogP) is 2.83. The maximum absolute atomic E-state index is 13.4. The Morgan fingerprint density at radius 2 is 1.76 bits per heavy atom. The summed E-state index contributed by atoms with van der Waals surface area (Å²) in [5.41, 5.74) is 7.27. The molecule has 0 amide bonds. The summed E-state index contributed by atoms with van der Waals surface area (Å²) in [5.74, 6) is 0.0988. The van der Waals surface area contributed by atoms with Crippen molar-refractivity contribution in [3.8, 4) is 0 Å². The van der Waals surface area contributed by atoms with Gasteiger partial charge in [-0.15, -0.1) is 51.7 Å². The summed E-state index contributed by atoms with van der Waals surface area (Å²) in [6, 6.07) is -0.514. The van der Waals surface area contributed by atoms with E-state index in [1.165, 1.54) is 18.3 Å². The number of hydrogen-bond acceptors (Lipinski definition) is 3. The Morgan fingerprint density at radius 1 is 1.05 bits per heavy atom. The molecular formula is C34H38FeN4O3. The number of carbonyl (C=O) groups is 2. The van der Waals surface area contributed by atoms with Gasteiger partial charge in [0.2, 0.25) is 0 Å². The zero-order valence-corrected chi connectivity index (χ0v) is 26.3. The third kappa shape index (κ3) is 4.83. The molecule has 6 unspecified atom stereocenters. The number of aromatic nitrogens is 2. The van der Waals surface area contributed by atoms with Gasteiger partial charge in [0.25, 0.3) is 0 Å². The van der Waals surface area contributed by atoms with Gasteiger partial charge in [0.05, 0.1) is 7.11 Å². The molecule has 5 heterocycles. The average Bonchev–Trinajstić information content (AvgIpc) is 3.70. The van der Waals surface area contributed by atoms with Gasteiger partial charge in [-0.3, -0.25) is 9.59 Å². The normalized spacial score (nSPS) is 30.2. The number of rotatable bonds is 5. The number of ketones is 1. The third-order valence-electron chi connectivity index (χ3n) is 9.86. The Labute approximate surface area is 257 Å². The Morgan fingerprint density at radius 3 is 2.45 bits per heavy atom. The largest absolute Gasteiger partial charge is 4.00 e. The fraction of sp³-hybridized carbons (Fsp3) is 0.471. The molecule has 2 aromatic rings. The molecule has 8 bridgehead atoms. The molecule has 0 spiro atoms. The first-order valence-electron chi connectivity index (χ1n) is 14.7. The van der Waals surface area contributed by atoms with Crippen molar-refractivity contribution in [2.75, 3.05) is 7.11 Å². The van der Waals surface area contributed by atoms with Crippen LogP contribution in [0.25, 0.3) is 40.5 Å². The smallest absolute Gasteiger partial charge is 0.658 e. The maximum atomic E-state index is 13.4. The number of fused-ring (bicyclic) bond motifs is 8. The van der Waals surface area contributed by atoms with Crippen molar-refractivity contribution in [1.82, 2.24) is 9.97 Å². The molecule has 0 aromatic carbocycles. The molecule has 1 fully saturated rings. The number of hydrogen-bond donors (Lipinski definition) is 0. The second-order valence-electron chi connectivity index (χ2n) is 11.9. The van der Waals surface area contributed by atoms with Crippen LogP contribution in [0.2, 0.25) is 0 Å². The number of ether oxygens (including phenoxy) is 1. The van der Waals surface area contributed by atoms with E-state index in [4.69, 9.17) is 25.3 Å². The zero-order valence-electron chi connectivity index (χ0n) is 25.2. The third-order valence-corrected chi connectivity index (χ3v) is 9.86. The topological polar surface area (TPSA) is 99.8 Å². The molecular weight excluding hydrogens is 568 g/mol. The van der Waals surface area contributed by atoms with E-state index in [2.05, 4.69) is 52.5 Å². The van der Waals surface area contributed by atoms with Gasteiger partial charge in [0.15, 0.2) is 5.78 Å². The number of esters is 1. The minimum Gasteiger partial charge on any atom is -0.658 e. The summed E-state index contributed by atoms with van der Waals surface area (Å²) in [6.45, 7) is 14.7. The minimum atomic E-state index is -0.229. The number of methoxy groups -OCH3 is 1. The van der Waals surface area contributed by atoms with Gasteiger partial charge in [0, 0.05) is 18.4 Å². The quantitative estimate of drug-likeness (QED) is 0.296. The first-order chi connectivity index (χ1) is 19.7. The van der Waals surface area contributed by atoms with Crippen LogP contribution < -0.4 is 31.4 Å². The van der Waals surface area contributed by atoms with Gasteiger partial charge in [0.1, 0.15) is 0 Å². The SMILES string of the molecule is C=Cc1c(C)/c2[n-]/c1=C\C1[N-]C(/C=c3\[n-]c4c(c3C)C(=O)CC=4C3[N-]C(\C=2)C(C)C3CCC(=O)OC)C(CC)=C1C.[Fe+4]. The van der Waals surface area contributed by atoms with E-state index < -0.39 is 0 Å². The van der Waals surface area contributed by atoms with Crippen LogP contribution in [0.3, 0.4) is 0 Å². The molecule has 3 aliphatic heterocycles. The van der Waals surface area contributed by atoms with Crippen molar-refractivity contribution in [1.29, 1.82) is 0 Å². The summed E-state index contributed by atoms with van der Waals surface area (Å²) in [4.78, 5) is 35.8. The van der Waals surface area contributed by atoms with E-state index >= 15 is 0 Å². The van der Waals surface area contributed by atoms with Crippen LogP contribution in [0.15, 0.2) is 17.7 Å². The molecule has 1 saturated heterocycles. The van der Waals surface area contributed by atoms with Crippen LogP contribution in [0.1, 0.15) is 73.5 Å². The van der Waals surface area contributed by atoms with Crippen LogP contribution in [0.5, 0.6) is 0 Å². The second-order valence-corrected chi connectivity index (χ2v) is 11.9. The summed E-state index contributed by atoms with van der Waals surface area (Å²) in [6.07, 6.45) is 10.5. The standard InChI is InChI=1S/C34H38N4O3.Fe/c1-8-20-16(3)24-13-26-18(5)22(10-11-31(40)41-7)33(37-26)23-12-30(39)32-19(6)27(38-34(23)32)15-29-21(9-2)17(4)25(36-29)14-28(20)35-24;/h8,13-15,18,22,25-26,29,33H,1,9-12H2,2-7H3;/q-4;+4/b24-13-,27-15-,28-14-;. The maximum Gasteiger partial charge on any atom is 4.00 e. The Balaban J connectivity index is 0.00000353. The Bertz CT molecular complexity index is 1740. The summed E-state index contributed by atoms with van der Waals surface area (Å²) in [7, 11) is 1.42. The van der Waals surface area contributed by atoms with Gasteiger partial charge < -0.3 is 25.3 Å². The van der Waals surface area contributed by atoms with Crippen LogP contribution in [-0.4, -0.2) is 43.0 Å². The summed E-state index contributed by atoms with van der Waals surface area (Å²) in [5, 5.41) is 13.9. The van der Waals surface area contributed by atoms with Crippen molar-refractivity contribution in [2.45, 2.75) is 84.5 Å². The monoisotopic (exact) mass is 606 g/mol. The van der Waals surface area contributed by atoms with Gasteiger partial charge in [-0.05, 0) is 39.2 Å². The van der Waals surface area contributed by atoms with Crippen LogP contribution in [0, 0.1) is 25.7 Å². The van der Waals surface area contributed by atoms with Gasteiger partial charge in [-0.1, -0.05) is 78.3 Å². The molecule has 4 aliphatic rings. The number of Topliss-reactive ketones (excluding diaryl/α,β-unsaturated/α-hetero) is 1. The van der Waals surface area contributed by atoms with E-state index in [9.17, 15) is 9.59 Å². The predicted molar refractivity (Wildman–Crippen MR) is 162 cm³/mol. The Kier molecular flexibility index (Phi) is 8.47. The first-order valence-corrected chi connectivity index (χ1v) is 14.7. The van der Waals surface area contributed by atoms with E-state index in [0.717, 1.165) is 55.6 Å². The number of nitrogens with zero attached hydrogens (tertiary/aromatic N) is 4. The van der Waals surface area contributed by atoms with Crippen molar-refractivity contribution in [2.24, 2.45) is 11.8 Å². The van der Waals surface area contributed by atoms with Crippen LogP contribution in [-0.2, 0) is 26.6 Å². The molecule has 7 nitrogen and oxygen atoms in total. The van der Waals surface area contributed by atoms with Crippen molar-refractivity contribution >= 4 is 41.6 Å². The van der Waals surface area contributed by atoms with Gasteiger partial charge in [-0.2, -0.15) is 0 Å². The molecule has 6 rings (SSSR count). The summed E-state index contributed by atoms with van der Waals surface area (Å²) >= 11 is 0. The molecule has 6 atom stereocenters. The molecule has 0 N–H and O–H groups in total. The van der Waals surface area contributed by atoms with Gasteiger partial charge >= 0.3 is 23.0 Å².